The molecule has 0 fully saturated rings. The number of halogens is 1. The zero-order chi connectivity index (χ0) is 14.3. The molecule has 0 aliphatic heterocycles. The third-order valence-corrected chi connectivity index (χ3v) is 3.84. The standard InChI is InChI=1S/C12H15FN2O3S/c1-18-5-2-6-19(16,17)15-9-11-4-3-10(8-14)7-12(11)13/h3-4,7,15H,2,5-6,9H2,1H3. The lowest BCUT2D eigenvalue weighted by molar-refractivity contribution is 0.199. The molecular formula is C12H15FN2O3S. The first kappa shape index (κ1) is 15.6. The summed E-state index contributed by atoms with van der Waals surface area (Å²) in [4.78, 5) is 0. The maximum Gasteiger partial charge on any atom is 0.211 e. The minimum Gasteiger partial charge on any atom is -0.385 e. The Balaban J connectivity index is 2.59. The van der Waals surface area contributed by atoms with Gasteiger partial charge in [0, 0.05) is 25.8 Å². The molecular weight excluding hydrogens is 271 g/mol. The molecule has 0 saturated carbocycles. The molecule has 0 spiro atoms. The van der Waals surface area contributed by atoms with E-state index in [9.17, 15) is 12.8 Å². The van der Waals surface area contributed by atoms with Crippen LogP contribution in [0, 0.1) is 17.1 Å². The van der Waals surface area contributed by atoms with Gasteiger partial charge in [-0.15, -0.1) is 0 Å². The predicted molar refractivity (Wildman–Crippen MR) is 68.2 cm³/mol. The average molecular weight is 286 g/mol. The summed E-state index contributed by atoms with van der Waals surface area (Å²) in [6.45, 7) is 0.221. The van der Waals surface area contributed by atoms with Gasteiger partial charge >= 0.3 is 0 Å². The molecule has 0 radical (unpaired) electrons. The second-order valence-electron chi connectivity index (χ2n) is 3.90. The van der Waals surface area contributed by atoms with E-state index in [0.717, 1.165) is 6.07 Å². The van der Waals surface area contributed by atoms with Crippen molar-refractivity contribution in [3.05, 3.63) is 35.1 Å². The minimum atomic E-state index is -3.45. The first-order valence-electron chi connectivity index (χ1n) is 5.63. The fourth-order valence-electron chi connectivity index (χ4n) is 1.41. The van der Waals surface area contributed by atoms with Gasteiger partial charge in [-0.25, -0.2) is 17.5 Å². The Bertz CT molecular complexity index is 567. The quantitative estimate of drug-likeness (QED) is 0.763. The van der Waals surface area contributed by atoms with E-state index in [-0.39, 0.29) is 23.4 Å². The van der Waals surface area contributed by atoms with Crippen molar-refractivity contribution in [1.29, 1.82) is 5.26 Å². The summed E-state index contributed by atoms with van der Waals surface area (Å²) >= 11 is 0. The largest absolute Gasteiger partial charge is 0.385 e. The molecule has 19 heavy (non-hydrogen) atoms. The van der Waals surface area contributed by atoms with Gasteiger partial charge in [-0.2, -0.15) is 5.26 Å². The lowest BCUT2D eigenvalue weighted by Crippen LogP contribution is -2.26. The van der Waals surface area contributed by atoms with Crippen LogP contribution in [-0.2, 0) is 21.3 Å². The maximum atomic E-state index is 13.5. The molecule has 0 aliphatic carbocycles. The van der Waals surface area contributed by atoms with E-state index in [0.29, 0.717) is 13.0 Å². The molecule has 0 bridgehead atoms. The van der Waals surface area contributed by atoms with E-state index in [2.05, 4.69) is 4.72 Å². The number of rotatable bonds is 7. The summed E-state index contributed by atoms with van der Waals surface area (Å²) in [5.41, 5.74) is 0.401. The van der Waals surface area contributed by atoms with Gasteiger partial charge in [0.25, 0.3) is 0 Å². The Morgan fingerprint density at radius 1 is 1.47 bits per heavy atom. The molecule has 5 nitrogen and oxygen atoms in total. The first-order chi connectivity index (χ1) is 8.98. The molecule has 0 saturated heterocycles. The predicted octanol–water partition coefficient (Wildman–Crippen LogP) is 1.15. The van der Waals surface area contributed by atoms with E-state index in [1.807, 2.05) is 6.07 Å². The van der Waals surface area contributed by atoms with Crippen molar-refractivity contribution in [3.63, 3.8) is 0 Å². The van der Waals surface area contributed by atoms with Crippen LogP contribution in [0.2, 0.25) is 0 Å². The van der Waals surface area contributed by atoms with Gasteiger partial charge in [-0.3, -0.25) is 0 Å². The Hall–Kier alpha value is -1.49. The van der Waals surface area contributed by atoms with Crippen LogP contribution < -0.4 is 4.72 Å². The van der Waals surface area contributed by atoms with Crippen molar-refractivity contribution < 1.29 is 17.5 Å². The maximum absolute atomic E-state index is 13.5. The Labute approximate surface area is 112 Å². The van der Waals surface area contributed by atoms with Crippen molar-refractivity contribution in [2.45, 2.75) is 13.0 Å². The smallest absolute Gasteiger partial charge is 0.211 e. The Morgan fingerprint density at radius 3 is 2.79 bits per heavy atom. The third kappa shape index (κ3) is 5.34. The summed E-state index contributed by atoms with van der Waals surface area (Å²) in [5, 5.41) is 8.59. The van der Waals surface area contributed by atoms with Crippen LogP contribution in [0.25, 0.3) is 0 Å². The number of nitrogens with zero attached hydrogens (tertiary/aromatic N) is 1. The molecule has 0 atom stereocenters. The average Bonchev–Trinajstić information content (AvgIpc) is 2.37. The highest BCUT2D eigenvalue weighted by Gasteiger charge is 2.11. The zero-order valence-electron chi connectivity index (χ0n) is 10.5. The summed E-state index contributed by atoms with van der Waals surface area (Å²) in [6.07, 6.45) is 0.377. The van der Waals surface area contributed by atoms with E-state index < -0.39 is 15.8 Å². The first-order valence-corrected chi connectivity index (χ1v) is 7.28. The molecule has 0 amide bonds. The lowest BCUT2D eigenvalue weighted by Gasteiger charge is -2.07. The second-order valence-corrected chi connectivity index (χ2v) is 5.83. The number of ether oxygens (including phenoxy) is 1. The molecule has 0 aromatic heterocycles. The van der Waals surface area contributed by atoms with Crippen LogP contribution in [0.1, 0.15) is 17.5 Å². The van der Waals surface area contributed by atoms with Gasteiger partial charge in [0.05, 0.1) is 17.4 Å². The van der Waals surface area contributed by atoms with E-state index in [1.165, 1.54) is 19.2 Å². The fourth-order valence-corrected chi connectivity index (χ4v) is 2.43. The van der Waals surface area contributed by atoms with Gasteiger partial charge in [0.15, 0.2) is 0 Å². The summed E-state index contributed by atoms with van der Waals surface area (Å²) < 4.78 is 43.7. The van der Waals surface area contributed by atoms with Gasteiger partial charge in [0.1, 0.15) is 5.82 Å². The molecule has 1 aromatic carbocycles. The highest BCUT2D eigenvalue weighted by Crippen LogP contribution is 2.10. The number of methoxy groups -OCH3 is 1. The van der Waals surface area contributed by atoms with E-state index in [4.69, 9.17) is 10.00 Å². The van der Waals surface area contributed by atoms with Crippen LogP contribution >= 0.6 is 0 Å². The van der Waals surface area contributed by atoms with E-state index in [1.54, 1.807) is 0 Å². The van der Waals surface area contributed by atoms with Gasteiger partial charge < -0.3 is 4.74 Å². The summed E-state index contributed by atoms with van der Waals surface area (Å²) in [6, 6.07) is 5.72. The second kappa shape index (κ2) is 7.19. The topological polar surface area (TPSA) is 79.2 Å². The van der Waals surface area contributed by atoms with Crippen molar-refractivity contribution in [3.8, 4) is 6.07 Å². The lowest BCUT2D eigenvalue weighted by atomic mass is 10.1. The normalized spacial score (nSPS) is 11.2. The molecule has 0 aliphatic rings. The molecule has 1 N–H and O–H groups in total. The zero-order valence-corrected chi connectivity index (χ0v) is 11.3. The number of hydrogen-bond donors (Lipinski definition) is 1. The van der Waals surface area contributed by atoms with Crippen LogP contribution in [0.5, 0.6) is 0 Å². The monoisotopic (exact) mass is 286 g/mol. The molecule has 0 unspecified atom stereocenters. The molecule has 1 aromatic rings. The highest BCUT2D eigenvalue weighted by atomic mass is 32.2. The molecule has 7 heteroatoms. The molecule has 104 valence electrons. The summed E-state index contributed by atoms with van der Waals surface area (Å²) in [7, 11) is -1.95. The van der Waals surface area contributed by atoms with Crippen LogP contribution in [0.4, 0.5) is 4.39 Å². The van der Waals surface area contributed by atoms with Gasteiger partial charge in [-0.1, -0.05) is 6.07 Å². The van der Waals surface area contributed by atoms with Crippen molar-refractivity contribution >= 4 is 10.0 Å². The van der Waals surface area contributed by atoms with Gasteiger partial charge in [-0.05, 0) is 18.6 Å². The summed E-state index contributed by atoms with van der Waals surface area (Å²) in [5.74, 6) is -0.669. The van der Waals surface area contributed by atoms with Crippen molar-refractivity contribution in [2.75, 3.05) is 19.5 Å². The molecule has 1 rings (SSSR count). The number of hydrogen-bond acceptors (Lipinski definition) is 4. The van der Waals surface area contributed by atoms with Crippen LogP contribution in [0.3, 0.4) is 0 Å². The number of nitrogens with one attached hydrogen (secondary N) is 1. The van der Waals surface area contributed by atoms with E-state index >= 15 is 0 Å². The SMILES string of the molecule is COCCCS(=O)(=O)NCc1ccc(C#N)cc1F. The fraction of sp³-hybridized carbons (Fsp3) is 0.417. The Morgan fingerprint density at radius 2 is 2.21 bits per heavy atom. The number of sulfonamides is 1. The van der Waals surface area contributed by atoms with Crippen LogP contribution in [0.15, 0.2) is 18.2 Å². The van der Waals surface area contributed by atoms with Gasteiger partial charge in [0.2, 0.25) is 10.0 Å². The minimum absolute atomic E-state index is 0.0707. The van der Waals surface area contributed by atoms with Crippen LogP contribution in [-0.4, -0.2) is 27.9 Å². The number of benzene rings is 1. The van der Waals surface area contributed by atoms with Crippen molar-refractivity contribution in [2.24, 2.45) is 0 Å². The third-order valence-electron chi connectivity index (χ3n) is 2.43. The van der Waals surface area contributed by atoms with Crippen molar-refractivity contribution in [1.82, 2.24) is 4.72 Å². The number of nitriles is 1. The highest BCUT2D eigenvalue weighted by molar-refractivity contribution is 7.89. The Kier molecular flexibility index (Phi) is 5.89. The molecule has 0 heterocycles.